The summed E-state index contributed by atoms with van der Waals surface area (Å²) in [5, 5.41) is 0. The van der Waals surface area contributed by atoms with E-state index in [-0.39, 0.29) is 0 Å². The minimum Gasteiger partial charge on any atom is -0.366 e. The second-order valence-electron chi connectivity index (χ2n) is 5.37. The average molecular weight is 294 g/mol. The van der Waals surface area contributed by atoms with E-state index in [4.69, 9.17) is 5.73 Å². The molecule has 1 aromatic carbocycles. The third kappa shape index (κ3) is 4.85. The molecule has 2 aromatic rings. The summed E-state index contributed by atoms with van der Waals surface area (Å²) in [5.74, 6) is -0.440. The maximum atomic E-state index is 10.7. The number of hydrogen-bond donors (Lipinski definition) is 1. The number of carbonyl (C=O) groups excluding carboxylic acids is 1. The van der Waals surface area contributed by atoms with Crippen molar-refractivity contribution in [1.82, 2.24) is 4.98 Å². The molecule has 0 radical (unpaired) electrons. The average Bonchev–Trinajstić information content (AvgIpc) is 2.54. The molecular formula is C19H22N2O. The summed E-state index contributed by atoms with van der Waals surface area (Å²) in [6.07, 6.45) is 9.85. The molecular weight excluding hydrogens is 272 g/mol. The second kappa shape index (κ2) is 8.13. The lowest BCUT2D eigenvalue weighted by atomic mass is 10.1. The quantitative estimate of drug-likeness (QED) is 0.620. The highest BCUT2D eigenvalue weighted by Crippen LogP contribution is 2.19. The van der Waals surface area contributed by atoms with Crippen LogP contribution in [-0.2, 0) is 11.2 Å². The molecule has 0 bridgehead atoms. The van der Waals surface area contributed by atoms with E-state index in [1.54, 1.807) is 6.08 Å². The van der Waals surface area contributed by atoms with Crippen molar-refractivity contribution >= 4 is 12.0 Å². The lowest BCUT2D eigenvalue weighted by Crippen LogP contribution is -2.04. The molecule has 1 heterocycles. The summed E-state index contributed by atoms with van der Waals surface area (Å²) in [5.41, 5.74) is 9.35. The molecule has 0 atom stereocenters. The van der Waals surface area contributed by atoms with Crippen molar-refractivity contribution in [2.75, 3.05) is 0 Å². The van der Waals surface area contributed by atoms with Gasteiger partial charge in [-0.3, -0.25) is 9.78 Å². The number of unbranched alkanes of at least 4 members (excludes halogenated alkanes) is 2. The van der Waals surface area contributed by atoms with Crippen molar-refractivity contribution < 1.29 is 4.79 Å². The molecule has 114 valence electrons. The van der Waals surface area contributed by atoms with Crippen LogP contribution in [0.1, 0.15) is 37.3 Å². The van der Waals surface area contributed by atoms with Gasteiger partial charge >= 0.3 is 0 Å². The summed E-state index contributed by atoms with van der Waals surface area (Å²) in [6, 6.07) is 12.1. The number of nitrogens with zero attached hydrogens (tertiary/aromatic N) is 1. The smallest absolute Gasteiger partial charge is 0.241 e. The van der Waals surface area contributed by atoms with Crippen LogP contribution in [0.25, 0.3) is 17.3 Å². The van der Waals surface area contributed by atoms with Gasteiger partial charge in [-0.15, -0.1) is 0 Å². The minimum atomic E-state index is -0.440. The molecule has 3 heteroatoms. The van der Waals surface area contributed by atoms with Gasteiger partial charge in [-0.2, -0.15) is 0 Å². The maximum Gasteiger partial charge on any atom is 0.241 e. The van der Waals surface area contributed by atoms with Crippen molar-refractivity contribution in [2.45, 2.75) is 32.6 Å². The first kappa shape index (κ1) is 16.0. The molecule has 0 unspecified atom stereocenters. The zero-order valence-electron chi connectivity index (χ0n) is 13.0. The maximum absolute atomic E-state index is 10.7. The normalized spacial score (nSPS) is 11.0. The van der Waals surface area contributed by atoms with E-state index in [9.17, 15) is 4.79 Å². The van der Waals surface area contributed by atoms with Crippen molar-refractivity contribution in [1.29, 1.82) is 0 Å². The Hall–Kier alpha value is -2.42. The molecule has 2 N–H and O–H groups in total. The fourth-order valence-electron chi connectivity index (χ4n) is 2.27. The Balaban J connectivity index is 2.03. The molecule has 1 aromatic heterocycles. The third-order valence-corrected chi connectivity index (χ3v) is 3.54. The Bertz CT molecular complexity index is 627. The highest BCUT2D eigenvalue weighted by atomic mass is 16.1. The van der Waals surface area contributed by atoms with Crippen LogP contribution in [0.3, 0.4) is 0 Å². The van der Waals surface area contributed by atoms with Gasteiger partial charge in [-0.1, -0.05) is 50.1 Å². The Morgan fingerprint density at radius 3 is 2.50 bits per heavy atom. The van der Waals surface area contributed by atoms with E-state index < -0.39 is 5.91 Å². The van der Waals surface area contributed by atoms with Gasteiger partial charge in [0.15, 0.2) is 0 Å². The number of pyridine rings is 1. The lowest BCUT2D eigenvalue weighted by molar-refractivity contribution is -0.113. The minimum absolute atomic E-state index is 0.440. The van der Waals surface area contributed by atoms with E-state index in [1.807, 2.05) is 30.5 Å². The first-order chi connectivity index (χ1) is 10.7. The van der Waals surface area contributed by atoms with Crippen LogP contribution < -0.4 is 5.73 Å². The number of nitrogens with two attached hydrogens (primary N) is 1. The monoisotopic (exact) mass is 294 g/mol. The van der Waals surface area contributed by atoms with Gasteiger partial charge in [0.25, 0.3) is 0 Å². The fourth-order valence-corrected chi connectivity index (χ4v) is 2.27. The Morgan fingerprint density at radius 2 is 1.91 bits per heavy atom. The van der Waals surface area contributed by atoms with Gasteiger partial charge in [0.1, 0.15) is 0 Å². The van der Waals surface area contributed by atoms with E-state index in [2.05, 4.69) is 24.0 Å². The van der Waals surface area contributed by atoms with E-state index in [0.29, 0.717) is 0 Å². The first-order valence-electron chi connectivity index (χ1n) is 7.72. The van der Waals surface area contributed by atoms with Crippen LogP contribution in [0.4, 0.5) is 0 Å². The third-order valence-electron chi connectivity index (χ3n) is 3.54. The van der Waals surface area contributed by atoms with Gasteiger partial charge in [-0.05, 0) is 36.1 Å². The number of benzene rings is 1. The van der Waals surface area contributed by atoms with E-state index in [1.165, 1.54) is 30.9 Å². The summed E-state index contributed by atoms with van der Waals surface area (Å²) >= 11 is 0. The molecule has 0 saturated heterocycles. The zero-order valence-corrected chi connectivity index (χ0v) is 13.0. The summed E-state index contributed by atoms with van der Waals surface area (Å²) in [4.78, 5) is 15.3. The van der Waals surface area contributed by atoms with E-state index in [0.717, 1.165) is 23.2 Å². The standard InChI is InChI=1S/C19H22N2O/c1-2-3-4-5-16-8-12-18(21-14-16)17-10-6-15(7-11-17)9-13-19(20)22/h6-14H,2-5H2,1H3,(H2,20,22)/b13-9-. The van der Waals surface area contributed by atoms with Crippen LogP contribution in [0.2, 0.25) is 0 Å². The number of rotatable bonds is 7. The van der Waals surface area contributed by atoms with Crippen LogP contribution in [0.15, 0.2) is 48.7 Å². The van der Waals surface area contributed by atoms with Crippen LogP contribution in [-0.4, -0.2) is 10.9 Å². The number of hydrogen-bond acceptors (Lipinski definition) is 2. The molecule has 0 aliphatic carbocycles. The highest BCUT2D eigenvalue weighted by molar-refractivity contribution is 5.90. The molecule has 0 saturated carbocycles. The molecule has 2 rings (SSSR count). The SMILES string of the molecule is CCCCCc1ccc(-c2ccc(/C=C\C(N)=O)cc2)nc1. The van der Waals surface area contributed by atoms with Crippen LogP contribution >= 0.6 is 0 Å². The van der Waals surface area contributed by atoms with Crippen LogP contribution in [0.5, 0.6) is 0 Å². The van der Waals surface area contributed by atoms with Crippen molar-refractivity contribution in [3.05, 3.63) is 59.8 Å². The van der Waals surface area contributed by atoms with Crippen molar-refractivity contribution in [3.63, 3.8) is 0 Å². The summed E-state index contributed by atoms with van der Waals surface area (Å²) in [7, 11) is 0. The van der Waals surface area contributed by atoms with Gasteiger partial charge in [-0.25, -0.2) is 0 Å². The Kier molecular flexibility index (Phi) is 5.90. The number of primary amides is 1. The topological polar surface area (TPSA) is 56.0 Å². The Morgan fingerprint density at radius 1 is 1.14 bits per heavy atom. The van der Waals surface area contributed by atoms with Gasteiger partial charge in [0.05, 0.1) is 5.69 Å². The summed E-state index contributed by atoms with van der Waals surface area (Å²) < 4.78 is 0. The lowest BCUT2D eigenvalue weighted by Gasteiger charge is -2.04. The molecule has 22 heavy (non-hydrogen) atoms. The zero-order chi connectivity index (χ0) is 15.8. The number of amides is 1. The predicted molar refractivity (Wildman–Crippen MR) is 91.1 cm³/mol. The van der Waals surface area contributed by atoms with E-state index >= 15 is 0 Å². The van der Waals surface area contributed by atoms with Gasteiger partial charge in [0.2, 0.25) is 5.91 Å². The van der Waals surface area contributed by atoms with Gasteiger partial charge < -0.3 is 5.73 Å². The highest BCUT2D eigenvalue weighted by Gasteiger charge is 2.00. The fraction of sp³-hybridized carbons (Fsp3) is 0.263. The predicted octanol–water partition coefficient (Wildman–Crippen LogP) is 3.98. The second-order valence-corrected chi connectivity index (χ2v) is 5.37. The first-order valence-corrected chi connectivity index (χ1v) is 7.72. The molecule has 0 aliphatic rings. The Labute approximate surface area is 131 Å². The number of carbonyl (C=O) groups is 1. The van der Waals surface area contributed by atoms with Crippen molar-refractivity contribution in [3.8, 4) is 11.3 Å². The number of aryl methyl sites for hydroxylation is 1. The molecule has 0 spiro atoms. The van der Waals surface area contributed by atoms with Crippen molar-refractivity contribution in [2.24, 2.45) is 5.73 Å². The van der Waals surface area contributed by atoms with Gasteiger partial charge in [0, 0.05) is 17.8 Å². The molecule has 0 aliphatic heterocycles. The largest absolute Gasteiger partial charge is 0.366 e. The molecule has 3 nitrogen and oxygen atoms in total. The summed E-state index contributed by atoms with van der Waals surface area (Å²) in [6.45, 7) is 2.21. The number of aromatic nitrogens is 1. The molecule has 1 amide bonds. The molecule has 0 fully saturated rings. The van der Waals surface area contributed by atoms with Crippen LogP contribution in [0, 0.1) is 0 Å².